The lowest BCUT2D eigenvalue weighted by molar-refractivity contribution is -0.221. The quantitative estimate of drug-likeness (QED) is 0.470. The molecule has 6 fully saturated rings. The van der Waals surface area contributed by atoms with Crippen molar-refractivity contribution >= 4 is 5.78 Å². The van der Waals surface area contributed by atoms with Crippen molar-refractivity contribution in [1.29, 1.82) is 0 Å². The summed E-state index contributed by atoms with van der Waals surface area (Å²) in [6.45, 7) is 13.9. The van der Waals surface area contributed by atoms with Crippen molar-refractivity contribution in [3.63, 3.8) is 0 Å². The Morgan fingerprint density at radius 2 is 1.59 bits per heavy atom. The number of rotatable bonds is 0. The molecule has 0 spiro atoms. The minimum atomic E-state index is 0.272. The Morgan fingerprint density at radius 1 is 0.828 bits per heavy atom. The van der Waals surface area contributed by atoms with Crippen LogP contribution in [0.25, 0.3) is 0 Å². The fourth-order valence-corrected chi connectivity index (χ4v) is 10.8. The summed E-state index contributed by atoms with van der Waals surface area (Å²) in [6.07, 6.45) is 13.2. The van der Waals surface area contributed by atoms with Crippen molar-refractivity contribution in [3.05, 3.63) is 0 Å². The molecule has 2 heteroatoms. The van der Waals surface area contributed by atoms with E-state index in [-0.39, 0.29) is 5.41 Å². The Morgan fingerprint density at radius 3 is 2.38 bits per heavy atom. The van der Waals surface area contributed by atoms with Gasteiger partial charge in [0.25, 0.3) is 0 Å². The molecule has 0 unspecified atom stereocenters. The topological polar surface area (TPSA) is 26.3 Å². The lowest BCUT2D eigenvalue weighted by Gasteiger charge is -2.70. The minimum absolute atomic E-state index is 0.272. The second-order valence-corrected chi connectivity index (χ2v) is 13.7. The zero-order valence-corrected chi connectivity index (χ0v) is 19.5. The van der Waals surface area contributed by atoms with E-state index < -0.39 is 0 Å². The monoisotopic (exact) mass is 398 g/mol. The normalized spacial score (nSPS) is 60.2. The Kier molecular flexibility index (Phi) is 3.67. The first kappa shape index (κ1) is 19.3. The number of hydrogen-bond donors (Lipinski definition) is 0. The largest absolute Gasteiger partial charge is 0.377 e. The second kappa shape index (κ2) is 5.51. The molecule has 2 bridgehead atoms. The highest BCUT2D eigenvalue weighted by Crippen LogP contribution is 2.77. The molecule has 0 aromatic rings. The van der Waals surface area contributed by atoms with Gasteiger partial charge in [0, 0.05) is 12.3 Å². The Labute approximate surface area is 177 Å². The number of ether oxygens (including phenoxy) is 1. The van der Waals surface area contributed by atoms with Gasteiger partial charge >= 0.3 is 0 Å². The van der Waals surface area contributed by atoms with Gasteiger partial charge in [-0.2, -0.15) is 0 Å². The number of hydrogen-bond acceptors (Lipinski definition) is 2. The Bertz CT molecular complexity index is 756. The van der Waals surface area contributed by atoms with Crippen molar-refractivity contribution in [2.75, 3.05) is 6.61 Å². The zero-order chi connectivity index (χ0) is 20.4. The second-order valence-electron chi connectivity index (χ2n) is 13.7. The van der Waals surface area contributed by atoms with E-state index in [1.807, 2.05) is 0 Å². The Hall–Kier alpha value is -0.370. The van der Waals surface area contributed by atoms with Crippen LogP contribution in [0.15, 0.2) is 0 Å². The molecular formula is C27H42O2. The standard InChI is InChI=1S/C27H42O2/c1-23(2)12-14-27-15-13-25(4)18(21(27)22(23)29-16-27)6-7-20-24(3)10-9-19(28)17(24)8-11-26(20,25)5/h17-18,20-22H,6-16H2,1-5H3/t17-,18+,20-,21-,22+,24-,25+,26+,27+/m0/s1. The van der Waals surface area contributed by atoms with Gasteiger partial charge in [0.2, 0.25) is 0 Å². The molecule has 0 aromatic carbocycles. The van der Waals surface area contributed by atoms with E-state index in [0.29, 0.717) is 39.5 Å². The molecule has 162 valence electrons. The van der Waals surface area contributed by atoms with Crippen LogP contribution in [0.4, 0.5) is 0 Å². The molecule has 1 saturated heterocycles. The van der Waals surface area contributed by atoms with Gasteiger partial charge < -0.3 is 4.74 Å². The molecule has 29 heavy (non-hydrogen) atoms. The zero-order valence-electron chi connectivity index (χ0n) is 19.5. The van der Waals surface area contributed by atoms with E-state index in [1.54, 1.807) is 0 Å². The molecule has 5 aliphatic carbocycles. The highest BCUT2D eigenvalue weighted by Gasteiger charge is 2.72. The van der Waals surface area contributed by atoms with Gasteiger partial charge in [-0.3, -0.25) is 4.79 Å². The molecule has 6 rings (SSSR count). The summed E-state index contributed by atoms with van der Waals surface area (Å²) < 4.78 is 6.65. The van der Waals surface area contributed by atoms with Gasteiger partial charge in [0.1, 0.15) is 5.78 Å². The van der Waals surface area contributed by atoms with Crippen molar-refractivity contribution < 1.29 is 9.53 Å². The van der Waals surface area contributed by atoms with Crippen LogP contribution in [-0.2, 0) is 9.53 Å². The van der Waals surface area contributed by atoms with Gasteiger partial charge in [0.05, 0.1) is 12.7 Å². The third-order valence-electron chi connectivity index (χ3n) is 12.7. The average Bonchev–Trinajstić information content (AvgIpc) is 3.16. The number of Topliss-reactive ketones (excluding diaryl/α,β-unsaturated/α-hetero) is 1. The van der Waals surface area contributed by atoms with Crippen LogP contribution in [0.5, 0.6) is 0 Å². The summed E-state index contributed by atoms with van der Waals surface area (Å²) in [7, 11) is 0. The Balaban J connectivity index is 1.42. The van der Waals surface area contributed by atoms with Crippen molar-refractivity contribution in [2.45, 2.75) is 105 Å². The lowest BCUT2D eigenvalue weighted by Crippen LogP contribution is -2.65. The molecule has 1 aliphatic heterocycles. The van der Waals surface area contributed by atoms with Crippen LogP contribution < -0.4 is 0 Å². The van der Waals surface area contributed by atoms with E-state index in [0.717, 1.165) is 43.6 Å². The van der Waals surface area contributed by atoms with Crippen LogP contribution >= 0.6 is 0 Å². The fraction of sp³-hybridized carbons (Fsp3) is 0.963. The first-order valence-electron chi connectivity index (χ1n) is 12.7. The summed E-state index contributed by atoms with van der Waals surface area (Å²) in [6, 6.07) is 0. The predicted octanol–water partition coefficient (Wildman–Crippen LogP) is 6.42. The average molecular weight is 399 g/mol. The van der Waals surface area contributed by atoms with Crippen molar-refractivity contribution in [3.8, 4) is 0 Å². The predicted molar refractivity (Wildman–Crippen MR) is 115 cm³/mol. The maximum absolute atomic E-state index is 12.7. The number of fused-ring (bicyclic) bond motifs is 5. The first-order chi connectivity index (χ1) is 13.6. The summed E-state index contributed by atoms with van der Waals surface area (Å²) in [4.78, 5) is 12.7. The number of carbonyl (C=O) groups is 1. The van der Waals surface area contributed by atoms with Gasteiger partial charge in [-0.1, -0.05) is 34.6 Å². The summed E-state index contributed by atoms with van der Waals surface area (Å²) in [5, 5.41) is 0. The number of ketones is 1. The minimum Gasteiger partial charge on any atom is -0.377 e. The van der Waals surface area contributed by atoms with Crippen LogP contribution in [0, 0.1) is 50.7 Å². The molecule has 6 aliphatic rings. The SMILES string of the molecule is CC1(C)CC[C@]23CC[C@]4(C)[C@H](CC[C@H]5[C@@]6(C)CCC(=O)[C@@H]6CC[C@]54C)[C@H]2[C@H]1OC3. The molecule has 2 nitrogen and oxygen atoms in total. The third-order valence-corrected chi connectivity index (χ3v) is 12.7. The summed E-state index contributed by atoms with van der Waals surface area (Å²) >= 11 is 0. The van der Waals surface area contributed by atoms with Crippen molar-refractivity contribution in [2.24, 2.45) is 50.7 Å². The van der Waals surface area contributed by atoms with Crippen molar-refractivity contribution in [1.82, 2.24) is 0 Å². The van der Waals surface area contributed by atoms with Gasteiger partial charge in [-0.15, -0.1) is 0 Å². The highest BCUT2D eigenvalue weighted by molar-refractivity contribution is 5.84. The lowest BCUT2D eigenvalue weighted by atomic mass is 9.33. The molecular weight excluding hydrogens is 356 g/mol. The molecule has 5 saturated carbocycles. The van der Waals surface area contributed by atoms with Gasteiger partial charge in [-0.05, 0) is 103 Å². The summed E-state index contributed by atoms with van der Waals surface area (Å²) in [5.74, 6) is 3.29. The molecule has 9 atom stereocenters. The first-order valence-corrected chi connectivity index (χ1v) is 12.7. The van der Waals surface area contributed by atoms with Crippen LogP contribution in [-0.4, -0.2) is 18.5 Å². The van der Waals surface area contributed by atoms with Crippen LogP contribution in [0.2, 0.25) is 0 Å². The van der Waals surface area contributed by atoms with Crippen LogP contribution in [0.3, 0.4) is 0 Å². The maximum atomic E-state index is 12.7. The molecule has 0 N–H and O–H groups in total. The highest BCUT2D eigenvalue weighted by atomic mass is 16.5. The molecule has 0 radical (unpaired) electrons. The number of carbonyl (C=O) groups excluding carboxylic acids is 1. The maximum Gasteiger partial charge on any atom is 0.136 e. The van der Waals surface area contributed by atoms with Crippen LogP contribution in [0.1, 0.15) is 98.8 Å². The van der Waals surface area contributed by atoms with E-state index in [4.69, 9.17) is 4.74 Å². The van der Waals surface area contributed by atoms with Gasteiger partial charge in [0.15, 0.2) is 0 Å². The smallest absolute Gasteiger partial charge is 0.136 e. The third kappa shape index (κ3) is 2.07. The van der Waals surface area contributed by atoms with E-state index in [9.17, 15) is 4.79 Å². The van der Waals surface area contributed by atoms with E-state index >= 15 is 0 Å². The molecule has 0 aromatic heterocycles. The molecule has 0 amide bonds. The molecule has 1 heterocycles. The fourth-order valence-electron chi connectivity index (χ4n) is 10.8. The summed E-state index contributed by atoms with van der Waals surface area (Å²) in [5.41, 5.74) is 1.91. The van der Waals surface area contributed by atoms with Gasteiger partial charge in [-0.25, -0.2) is 0 Å². The van der Waals surface area contributed by atoms with E-state index in [2.05, 4.69) is 34.6 Å². The van der Waals surface area contributed by atoms with E-state index in [1.165, 1.54) is 44.9 Å².